The predicted molar refractivity (Wildman–Crippen MR) is 101 cm³/mol. The zero-order chi connectivity index (χ0) is 18.7. The van der Waals surface area contributed by atoms with Crippen LogP contribution in [0.2, 0.25) is 5.02 Å². The smallest absolute Gasteiger partial charge is 0.306 e. The fourth-order valence-electron chi connectivity index (χ4n) is 3.07. The predicted octanol–water partition coefficient (Wildman–Crippen LogP) is 5.06. The van der Waals surface area contributed by atoms with E-state index in [2.05, 4.69) is 6.07 Å². The Labute approximate surface area is 161 Å². The van der Waals surface area contributed by atoms with Crippen LogP contribution in [-0.4, -0.2) is 28.8 Å². The summed E-state index contributed by atoms with van der Waals surface area (Å²) in [4.78, 5) is 22.6. The minimum atomic E-state index is -0.781. The number of fused-ring (bicyclic) bond motifs is 1. The minimum absolute atomic E-state index is 0.0945. The van der Waals surface area contributed by atoms with E-state index in [1.54, 1.807) is 24.3 Å². The zero-order valence-corrected chi connectivity index (χ0v) is 15.5. The Bertz CT molecular complexity index is 834. The summed E-state index contributed by atoms with van der Waals surface area (Å²) in [7, 11) is 0. The van der Waals surface area contributed by atoms with E-state index in [0.717, 1.165) is 5.02 Å². The molecule has 0 unspecified atom stereocenters. The molecule has 1 saturated carbocycles. The van der Waals surface area contributed by atoms with Crippen molar-refractivity contribution in [3.8, 4) is 16.9 Å². The molecule has 0 heterocycles. The molecule has 4 nitrogen and oxygen atoms in total. The third-order valence-corrected chi connectivity index (χ3v) is 5.17. The zero-order valence-electron chi connectivity index (χ0n) is 14.0. The first-order valence-electron chi connectivity index (χ1n) is 8.37. The lowest BCUT2D eigenvalue weighted by atomic mass is 9.94. The number of halogens is 2. The molecular formula is C20H18Cl2O4. The molecule has 3 aliphatic rings. The van der Waals surface area contributed by atoms with Crippen molar-refractivity contribution in [2.75, 3.05) is 5.88 Å². The molecule has 1 N–H and O–H groups in total. The molecule has 0 bridgehead atoms. The number of carbonyl (C=O) groups excluding carboxylic acids is 1. The third-order valence-electron chi connectivity index (χ3n) is 4.62. The van der Waals surface area contributed by atoms with Crippen LogP contribution in [0.4, 0.5) is 0 Å². The van der Waals surface area contributed by atoms with Crippen LogP contribution in [0, 0.1) is 5.92 Å². The van der Waals surface area contributed by atoms with Crippen LogP contribution in [0.5, 0.6) is 5.75 Å². The average molecular weight is 393 g/mol. The number of carboxylic acid groups (broad SMARTS) is 1. The van der Waals surface area contributed by atoms with Crippen molar-refractivity contribution in [1.29, 1.82) is 0 Å². The van der Waals surface area contributed by atoms with Crippen molar-refractivity contribution < 1.29 is 19.4 Å². The van der Waals surface area contributed by atoms with E-state index in [-0.39, 0.29) is 23.7 Å². The molecule has 0 spiro atoms. The molecule has 4 rings (SSSR count). The highest BCUT2D eigenvalue weighted by Gasteiger charge is 2.31. The van der Waals surface area contributed by atoms with Crippen LogP contribution >= 0.6 is 23.2 Å². The van der Waals surface area contributed by atoms with Gasteiger partial charge in [0.2, 0.25) is 0 Å². The molecule has 0 saturated heterocycles. The summed E-state index contributed by atoms with van der Waals surface area (Å²) in [5.74, 6) is -0.922. The Kier molecular flexibility index (Phi) is 5.84. The lowest BCUT2D eigenvalue weighted by Gasteiger charge is -2.15. The first-order valence-corrected chi connectivity index (χ1v) is 9.28. The Morgan fingerprint density at radius 3 is 2.38 bits per heavy atom. The molecule has 0 amide bonds. The van der Waals surface area contributed by atoms with Crippen molar-refractivity contribution in [3.63, 3.8) is 0 Å². The van der Waals surface area contributed by atoms with E-state index in [4.69, 9.17) is 33.0 Å². The molecule has 26 heavy (non-hydrogen) atoms. The largest absolute Gasteiger partial charge is 0.490 e. The summed E-state index contributed by atoms with van der Waals surface area (Å²) in [6, 6.07) is 13.0. The average Bonchev–Trinajstić information content (AvgIpc) is 3.08. The van der Waals surface area contributed by atoms with Gasteiger partial charge in [-0.15, -0.1) is 11.6 Å². The second kappa shape index (κ2) is 8.11. The van der Waals surface area contributed by atoms with Gasteiger partial charge in [0.25, 0.3) is 0 Å². The summed E-state index contributed by atoms with van der Waals surface area (Å²) in [6.07, 6.45) is 1.65. The van der Waals surface area contributed by atoms with Crippen molar-refractivity contribution in [3.05, 3.63) is 53.1 Å². The fourth-order valence-corrected chi connectivity index (χ4v) is 3.50. The number of ether oxygens (including phenoxy) is 1. The normalized spacial score (nSPS) is 19.3. The minimum Gasteiger partial charge on any atom is -0.490 e. The molecule has 0 radical (unpaired) electrons. The molecular weight excluding hydrogens is 375 g/mol. The van der Waals surface area contributed by atoms with Crippen LogP contribution in [0.25, 0.3) is 11.1 Å². The number of Topliss-reactive ketones (excluding diaryl/α,β-unsaturated/α-hetero) is 1. The van der Waals surface area contributed by atoms with E-state index in [0.29, 0.717) is 30.6 Å². The molecule has 1 aromatic carbocycles. The number of alkyl halides is 1. The van der Waals surface area contributed by atoms with Gasteiger partial charge in [0.15, 0.2) is 5.78 Å². The van der Waals surface area contributed by atoms with Gasteiger partial charge in [0, 0.05) is 10.6 Å². The van der Waals surface area contributed by atoms with Crippen LogP contribution in [0.1, 0.15) is 29.6 Å². The van der Waals surface area contributed by atoms with Gasteiger partial charge >= 0.3 is 5.97 Å². The number of hydrogen-bond donors (Lipinski definition) is 1. The molecule has 6 heteroatoms. The van der Waals surface area contributed by atoms with Gasteiger partial charge in [-0.1, -0.05) is 35.9 Å². The number of benzene rings is 2. The number of carboxylic acids is 1. The number of rotatable bonds is 5. The molecule has 0 aromatic heterocycles. The standard InChI is InChI=1S/C14H15ClO4.C6H3Cl/c15-8-12(16)11-3-1-2-4-13(11)19-10-6-5-9(7-10)14(17)18;7-6-3-4-1-2-5(4)6/h1-4,9-10H,5-8H2,(H,17,18);1-3H/t9-,10-;/m0./s1. The van der Waals surface area contributed by atoms with Gasteiger partial charge in [-0.3, -0.25) is 9.59 Å². The van der Waals surface area contributed by atoms with Crippen LogP contribution in [0.15, 0.2) is 42.5 Å². The van der Waals surface area contributed by atoms with Crippen molar-refractivity contribution >= 4 is 35.0 Å². The van der Waals surface area contributed by atoms with Gasteiger partial charge in [-0.2, -0.15) is 0 Å². The van der Waals surface area contributed by atoms with Gasteiger partial charge in [-0.25, -0.2) is 0 Å². The molecule has 3 aliphatic carbocycles. The number of aliphatic carboxylic acids is 1. The Morgan fingerprint density at radius 2 is 1.92 bits per heavy atom. The maximum absolute atomic E-state index is 11.7. The van der Waals surface area contributed by atoms with Crippen molar-refractivity contribution in [2.24, 2.45) is 5.92 Å². The molecule has 1 fully saturated rings. The van der Waals surface area contributed by atoms with E-state index in [9.17, 15) is 9.59 Å². The SMILES string of the molecule is Clc1cc2ccc1-2.O=C(CCl)c1ccccc1O[C@H]1CC[C@H](C(=O)O)C1. The van der Waals surface area contributed by atoms with Crippen molar-refractivity contribution in [2.45, 2.75) is 25.4 Å². The van der Waals surface area contributed by atoms with Gasteiger partial charge in [-0.05, 0) is 43.0 Å². The molecule has 2 atom stereocenters. The fraction of sp³-hybridized carbons (Fsp3) is 0.300. The second-order valence-corrected chi connectivity index (χ2v) is 7.01. The lowest BCUT2D eigenvalue weighted by Crippen LogP contribution is -2.17. The maximum Gasteiger partial charge on any atom is 0.306 e. The third kappa shape index (κ3) is 4.02. The summed E-state index contributed by atoms with van der Waals surface area (Å²) < 4.78 is 5.77. The van der Waals surface area contributed by atoms with Gasteiger partial charge < -0.3 is 9.84 Å². The molecule has 1 aromatic rings. The number of para-hydroxylation sites is 1. The van der Waals surface area contributed by atoms with E-state index in [1.165, 1.54) is 11.1 Å². The monoisotopic (exact) mass is 392 g/mol. The highest BCUT2D eigenvalue weighted by molar-refractivity contribution is 6.35. The Balaban J connectivity index is 0.000000229. The highest BCUT2D eigenvalue weighted by Crippen LogP contribution is 2.39. The van der Waals surface area contributed by atoms with Gasteiger partial charge in [0.1, 0.15) is 5.75 Å². The Hall–Kier alpha value is -2.04. The van der Waals surface area contributed by atoms with Crippen LogP contribution < -0.4 is 4.74 Å². The first kappa shape index (κ1) is 18.7. The highest BCUT2D eigenvalue weighted by atomic mass is 35.5. The topological polar surface area (TPSA) is 63.6 Å². The second-order valence-electron chi connectivity index (χ2n) is 6.34. The van der Waals surface area contributed by atoms with E-state index in [1.807, 2.05) is 12.1 Å². The quantitative estimate of drug-likeness (QED) is 0.486. The van der Waals surface area contributed by atoms with Gasteiger partial charge in [0.05, 0.1) is 23.5 Å². The summed E-state index contributed by atoms with van der Waals surface area (Å²) in [6.45, 7) is 0. The Morgan fingerprint density at radius 1 is 1.15 bits per heavy atom. The number of carbonyl (C=O) groups is 2. The maximum atomic E-state index is 11.7. The number of ketones is 1. The first-order chi connectivity index (χ1) is 12.5. The van der Waals surface area contributed by atoms with E-state index < -0.39 is 5.97 Å². The van der Waals surface area contributed by atoms with Crippen LogP contribution in [-0.2, 0) is 4.79 Å². The summed E-state index contributed by atoms with van der Waals surface area (Å²) >= 11 is 11.2. The summed E-state index contributed by atoms with van der Waals surface area (Å²) in [5.41, 5.74) is 3.00. The molecule has 136 valence electrons. The lowest BCUT2D eigenvalue weighted by molar-refractivity contribution is -0.141. The number of hydrogen-bond acceptors (Lipinski definition) is 3. The van der Waals surface area contributed by atoms with Crippen molar-refractivity contribution in [1.82, 2.24) is 0 Å². The van der Waals surface area contributed by atoms with Crippen LogP contribution in [0.3, 0.4) is 0 Å². The van der Waals surface area contributed by atoms with E-state index >= 15 is 0 Å². The summed E-state index contributed by atoms with van der Waals surface area (Å²) in [5, 5.41) is 9.87. The molecule has 0 aliphatic heterocycles.